The number of hydrogen-bond donors (Lipinski definition) is 0. The molecule has 0 spiro atoms. The molecule has 0 unspecified atom stereocenters. The third kappa shape index (κ3) is 15.4. The van der Waals surface area contributed by atoms with Gasteiger partial charge in [-0.3, -0.25) is 9.45 Å². The van der Waals surface area contributed by atoms with E-state index in [1.165, 1.54) is 28.4 Å². The van der Waals surface area contributed by atoms with Crippen LogP contribution in [0, 0.1) is 24.6 Å². The van der Waals surface area contributed by atoms with Crippen molar-refractivity contribution < 1.29 is 38.0 Å². The lowest BCUT2D eigenvalue weighted by Crippen LogP contribution is -2.46. The number of unbranched alkanes of at least 4 members (excludes halogenated alkanes) is 1. The van der Waals surface area contributed by atoms with Crippen LogP contribution in [0.25, 0.3) is 10.2 Å². The number of nitrogens with zero attached hydrogens (tertiary/aromatic N) is 7. The van der Waals surface area contributed by atoms with Crippen molar-refractivity contribution in [2.24, 2.45) is 4.99 Å². The summed E-state index contributed by atoms with van der Waals surface area (Å²) in [5, 5.41) is 10.1. The first-order valence-corrected chi connectivity index (χ1v) is 32.1. The van der Waals surface area contributed by atoms with Crippen LogP contribution in [0.5, 0.6) is 5.75 Å². The number of aryl methyl sites for hydroxylation is 2. The summed E-state index contributed by atoms with van der Waals surface area (Å²) in [5.41, 5.74) is 1.52. The standard InChI is InChI=1S/C51H70FN7O7S2Si2/c1-15-21-41-44(46(61)66-65-39-27-26-36(33-37(39)52)22-20-28-57(9)49(62)64-50(3,4)5)53-47(68-41)58(29-19-18-25-43(60)70(13,14)51(6,7)8)42-32-35(2)45(56-55-42)54-48-59(34-63-30-31-69(10,11)12)38-23-16-17-24-40(38)67-48/h16-17,23-24,26-27,32-33H,15,18-19,21,25,28-31,34H2,1-14H3/b54-48-. The molecule has 0 atom stereocenters. The van der Waals surface area contributed by atoms with Gasteiger partial charge >= 0.3 is 12.1 Å². The number of rotatable bonds is 20. The van der Waals surface area contributed by atoms with E-state index in [1.54, 1.807) is 39.2 Å². The second-order valence-corrected chi connectivity index (χ2v) is 34.1. The number of hydrogen-bond acceptors (Lipinski definition) is 14. The number of thiazole rings is 2. The summed E-state index contributed by atoms with van der Waals surface area (Å²) in [4.78, 5) is 64.4. The van der Waals surface area contributed by atoms with Crippen molar-refractivity contribution in [3.63, 3.8) is 0 Å². The van der Waals surface area contributed by atoms with Crippen molar-refractivity contribution >= 4 is 83.3 Å². The number of benzene rings is 2. The Kier molecular flexibility index (Phi) is 18.9. The fourth-order valence-electron chi connectivity index (χ4n) is 6.60. The Morgan fingerprint density at radius 1 is 0.957 bits per heavy atom. The smallest absolute Gasteiger partial charge is 0.410 e. The van der Waals surface area contributed by atoms with Gasteiger partial charge in [0, 0.05) is 45.1 Å². The minimum Gasteiger partial charge on any atom is -0.444 e. The zero-order valence-electron chi connectivity index (χ0n) is 43.4. The van der Waals surface area contributed by atoms with E-state index in [0.29, 0.717) is 84.6 Å². The third-order valence-electron chi connectivity index (χ3n) is 11.8. The predicted molar refractivity (Wildman–Crippen MR) is 283 cm³/mol. The highest BCUT2D eigenvalue weighted by Gasteiger charge is 2.41. The molecule has 70 heavy (non-hydrogen) atoms. The van der Waals surface area contributed by atoms with E-state index >= 15 is 4.39 Å². The van der Waals surface area contributed by atoms with E-state index in [2.05, 4.69) is 87.1 Å². The molecule has 5 rings (SSSR count). The average Bonchev–Trinajstić information content (AvgIpc) is 3.85. The summed E-state index contributed by atoms with van der Waals surface area (Å²) in [6.07, 6.45) is 2.45. The number of amides is 1. The van der Waals surface area contributed by atoms with Gasteiger partial charge in [0.2, 0.25) is 5.75 Å². The topological polar surface area (TPSA) is 151 Å². The molecule has 3 heterocycles. The molecule has 0 radical (unpaired) electrons. The van der Waals surface area contributed by atoms with Crippen molar-refractivity contribution in [1.29, 1.82) is 0 Å². The number of para-hydroxylation sites is 1. The van der Waals surface area contributed by atoms with Crippen LogP contribution in [0.3, 0.4) is 0 Å². The lowest BCUT2D eigenvalue weighted by atomic mass is 10.2. The first kappa shape index (κ1) is 55.7. The molecule has 0 saturated carbocycles. The zero-order valence-corrected chi connectivity index (χ0v) is 47.0. The van der Waals surface area contributed by atoms with Gasteiger partial charge in [0.1, 0.15) is 25.8 Å². The van der Waals surface area contributed by atoms with E-state index in [9.17, 15) is 14.4 Å². The second kappa shape index (κ2) is 23.8. The molecule has 0 saturated heterocycles. The zero-order chi connectivity index (χ0) is 51.6. The first-order valence-electron chi connectivity index (χ1n) is 23.7. The summed E-state index contributed by atoms with van der Waals surface area (Å²) in [6, 6.07) is 15.1. The molecule has 3 aromatic heterocycles. The molecule has 0 aliphatic rings. The Hall–Kier alpha value is -5.27. The van der Waals surface area contributed by atoms with Crippen LogP contribution in [-0.4, -0.2) is 90.6 Å². The van der Waals surface area contributed by atoms with E-state index in [1.807, 2.05) is 36.9 Å². The van der Waals surface area contributed by atoms with Crippen molar-refractivity contribution in [2.45, 2.75) is 144 Å². The number of aromatic nitrogens is 4. The fourth-order valence-corrected chi connectivity index (χ4v) is 11.2. The molecule has 0 aliphatic carbocycles. The van der Waals surface area contributed by atoms with Crippen molar-refractivity contribution in [3.8, 4) is 17.6 Å². The maximum atomic E-state index is 15.2. The summed E-state index contributed by atoms with van der Waals surface area (Å²) >= 11 is 2.89. The Labute approximate surface area is 422 Å². The summed E-state index contributed by atoms with van der Waals surface area (Å²) in [7, 11) is -1.91. The van der Waals surface area contributed by atoms with Crippen LogP contribution >= 0.6 is 22.7 Å². The Morgan fingerprint density at radius 2 is 1.69 bits per heavy atom. The summed E-state index contributed by atoms with van der Waals surface area (Å²) in [6.45, 7) is 28.5. The van der Waals surface area contributed by atoms with Gasteiger partial charge in [-0.1, -0.05) is 102 Å². The molecule has 1 amide bonds. The lowest BCUT2D eigenvalue weighted by Gasteiger charge is -2.35. The average molecular weight is 1030 g/mol. The highest BCUT2D eigenvalue weighted by Crippen LogP contribution is 2.38. The molecular weight excluding hydrogens is 962 g/mol. The number of anilines is 2. The highest BCUT2D eigenvalue weighted by atomic mass is 32.1. The molecule has 0 fully saturated rings. The van der Waals surface area contributed by atoms with Gasteiger partial charge in [0.05, 0.1) is 16.8 Å². The molecule has 5 aromatic rings. The van der Waals surface area contributed by atoms with E-state index in [-0.39, 0.29) is 23.0 Å². The quantitative estimate of drug-likeness (QED) is 0.0241. The number of fused-ring (bicyclic) bond motifs is 1. The normalized spacial score (nSPS) is 12.4. The molecule has 2 aromatic carbocycles. The van der Waals surface area contributed by atoms with Gasteiger partial charge < -0.3 is 24.1 Å². The van der Waals surface area contributed by atoms with E-state index < -0.39 is 39.6 Å². The van der Waals surface area contributed by atoms with Crippen molar-refractivity contribution in [3.05, 3.63) is 80.8 Å². The lowest BCUT2D eigenvalue weighted by molar-refractivity contribution is -0.152. The summed E-state index contributed by atoms with van der Waals surface area (Å²) < 4.78 is 29.9. The molecule has 14 nitrogen and oxygen atoms in total. The van der Waals surface area contributed by atoms with Gasteiger partial charge in [-0.05, 0) is 100 Å². The van der Waals surface area contributed by atoms with Crippen molar-refractivity contribution in [1.82, 2.24) is 24.6 Å². The number of carbonyl (C=O) groups excluding carboxylic acids is 3. The van der Waals surface area contributed by atoms with Gasteiger partial charge in [-0.15, -0.1) is 21.5 Å². The Balaban J connectivity index is 1.40. The Morgan fingerprint density at radius 3 is 2.34 bits per heavy atom. The first-order chi connectivity index (χ1) is 32.8. The van der Waals surface area contributed by atoms with Crippen molar-refractivity contribution in [2.75, 3.05) is 31.6 Å². The van der Waals surface area contributed by atoms with Gasteiger partial charge in [0.25, 0.3) is 0 Å². The minimum atomic E-state index is -2.19. The fraction of sp³-hybridized carbons (Fsp3) is 0.510. The largest absolute Gasteiger partial charge is 0.444 e. The van der Waals surface area contributed by atoms with Crippen LogP contribution < -0.4 is 14.6 Å². The summed E-state index contributed by atoms with van der Waals surface area (Å²) in [5.74, 6) is 4.60. The SMILES string of the molecule is CCCc1sc(N(CCCCC(=O)[Si](C)(C)C(C)(C)C)c2cc(C)c(/N=c3\sc4ccccc4n3COCC[Si](C)(C)C)nn2)nc1C(=O)OOc1ccc(C#CCN(C)C(=O)OC(C)(C)C)cc1F. The van der Waals surface area contributed by atoms with E-state index in [4.69, 9.17) is 34.3 Å². The van der Waals surface area contributed by atoms with Gasteiger partial charge in [-0.2, -0.15) is 4.99 Å². The second-order valence-electron chi connectivity index (χ2n) is 21.1. The van der Waals surface area contributed by atoms with Crippen LogP contribution in [-0.2, 0) is 32.3 Å². The number of halogens is 1. The Bertz CT molecular complexity index is 2780. The maximum Gasteiger partial charge on any atom is 0.410 e. The van der Waals surface area contributed by atoms with Crippen LogP contribution in [0.15, 0.2) is 53.5 Å². The van der Waals surface area contributed by atoms with Crippen LogP contribution in [0.2, 0.25) is 43.8 Å². The molecule has 0 aliphatic heterocycles. The highest BCUT2D eigenvalue weighted by molar-refractivity contribution is 7.16. The molecule has 378 valence electrons. The minimum absolute atomic E-state index is 0.0367. The van der Waals surface area contributed by atoms with Gasteiger partial charge in [-0.25, -0.2) is 23.9 Å². The van der Waals surface area contributed by atoms with Crippen LogP contribution in [0.4, 0.5) is 26.0 Å². The maximum absolute atomic E-state index is 15.2. The van der Waals surface area contributed by atoms with E-state index in [0.717, 1.165) is 32.7 Å². The molecule has 0 N–H and O–H groups in total. The monoisotopic (exact) mass is 1030 g/mol. The third-order valence-corrected chi connectivity index (χ3v) is 21.1. The number of ether oxygens (including phenoxy) is 2. The molecular formula is C51H70FN7O7S2Si2. The predicted octanol–water partition coefficient (Wildman–Crippen LogP) is 12.2. The molecule has 0 bridgehead atoms. The molecule has 19 heteroatoms. The van der Waals surface area contributed by atoms with Crippen LogP contribution in [0.1, 0.15) is 101 Å². The number of carbonyl (C=O) groups is 3. The van der Waals surface area contributed by atoms with Gasteiger partial charge in [0.15, 0.2) is 33.1 Å².